The molecule has 0 heterocycles. The first-order chi connectivity index (χ1) is 9.10. The molecule has 0 saturated carbocycles. The number of carbonyl (C=O) groups is 2. The normalized spacial score (nSPS) is 9.84. The standard InChI is InChI=1S/C13H20N4O2/c1-3-17(9-12(18)15-2)13(19)16-11-6-4-5-10(7-11)8-14/h4-7H,3,8-9,14H2,1-2H3,(H,15,18)(H,16,19). The fourth-order valence-electron chi connectivity index (χ4n) is 1.56. The second kappa shape index (κ2) is 7.38. The summed E-state index contributed by atoms with van der Waals surface area (Å²) >= 11 is 0. The van der Waals surface area contributed by atoms with Gasteiger partial charge in [-0.25, -0.2) is 4.79 Å². The monoisotopic (exact) mass is 264 g/mol. The third-order valence-electron chi connectivity index (χ3n) is 2.70. The van der Waals surface area contributed by atoms with Crippen LogP contribution in [-0.4, -0.2) is 37.0 Å². The van der Waals surface area contributed by atoms with Crippen molar-refractivity contribution in [1.82, 2.24) is 10.2 Å². The Labute approximate surface area is 113 Å². The van der Waals surface area contributed by atoms with Crippen LogP contribution in [0.5, 0.6) is 0 Å². The molecule has 0 aliphatic heterocycles. The number of urea groups is 1. The van der Waals surface area contributed by atoms with Crippen LogP contribution in [-0.2, 0) is 11.3 Å². The van der Waals surface area contributed by atoms with Crippen molar-refractivity contribution in [2.45, 2.75) is 13.5 Å². The van der Waals surface area contributed by atoms with E-state index in [2.05, 4.69) is 10.6 Å². The van der Waals surface area contributed by atoms with Crippen LogP contribution in [0.2, 0.25) is 0 Å². The van der Waals surface area contributed by atoms with Gasteiger partial charge in [-0.2, -0.15) is 0 Å². The molecule has 3 amide bonds. The minimum atomic E-state index is -0.305. The molecule has 19 heavy (non-hydrogen) atoms. The highest BCUT2D eigenvalue weighted by molar-refractivity contribution is 5.92. The number of hydrogen-bond donors (Lipinski definition) is 3. The van der Waals surface area contributed by atoms with Gasteiger partial charge in [0, 0.05) is 25.8 Å². The predicted molar refractivity (Wildman–Crippen MR) is 74.7 cm³/mol. The van der Waals surface area contributed by atoms with E-state index in [1.165, 1.54) is 4.90 Å². The lowest BCUT2D eigenvalue weighted by atomic mass is 10.2. The largest absolute Gasteiger partial charge is 0.358 e. The third-order valence-corrected chi connectivity index (χ3v) is 2.70. The maximum Gasteiger partial charge on any atom is 0.322 e. The smallest absolute Gasteiger partial charge is 0.322 e. The van der Waals surface area contributed by atoms with Crippen molar-refractivity contribution in [3.8, 4) is 0 Å². The number of nitrogens with two attached hydrogens (primary N) is 1. The van der Waals surface area contributed by atoms with Crippen molar-refractivity contribution in [2.75, 3.05) is 25.5 Å². The topological polar surface area (TPSA) is 87.5 Å². The summed E-state index contributed by atoms with van der Waals surface area (Å²) in [4.78, 5) is 24.7. The van der Waals surface area contributed by atoms with E-state index < -0.39 is 0 Å². The summed E-state index contributed by atoms with van der Waals surface area (Å²) in [6.07, 6.45) is 0. The van der Waals surface area contributed by atoms with E-state index in [1.807, 2.05) is 25.1 Å². The van der Waals surface area contributed by atoms with Crippen LogP contribution in [0.3, 0.4) is 0 Å². The van der Waals surface area contributed by atoms with E-state index in [4.69, 9.17) is 5.73 Å². The zero-order valence-corrected chi connectivity index (χ0v) is 11.3. The number of benzene rings is 1. The SMILES string of the molecule is CCN(CC(=O)NC)C(=O)Nc1cccc(CN)c1. The molecule has 0 aliphatic carbocycles. The lowest BCUT2D eigenvalue weighted by Crippen LogP contribution is -2.41. The number of nitrogens with one attached hydrogen (secondary N) is 2. The Morgan fingerprint density at radius 2 is 2.11 bits per heavy atom. The number of hydrogen-bond acceptors (Lipinski definition) is 3. The van der Waals surface area contributed by atoms with E-state index >= 15 is 0 Å². The van der Waals surface area contributed by atoms with Crippen LogP contribution in [0.25, 0.3) is 0 Å². The Hall–Kier alpha value is -2.08. The van der Waals surface area contributed by atoms with E-state index in [1.54, 1.807) is 13.1 Å². The number of amides is 3. The Kier molecular flexibility index (Phi) is 5.81. The van der Waals surface area contributed by atoms with Crippen molar-refractivity contribution in [3.05, 3.63) is 29.8 Å². The fourth-order valence-corrected chi connectivity index (χ4v) is 1.56. The van der Waals surface area contributed by atoms with E-state index in [0.29, 0.717) is 18.8 Å². The predicted octanol–water partition coefficient (Wildman–Crippen LogP) is 0.745. The number of anilines is 1. The minimum absolute atomic E-state index is 0.0371. The molecule has 6 heteroatoms. The van der Waals surface area contributed by atoms with Crippen LogP contribution in [0.1, 0.15) is 12.5 Å². The third kappa shape index (κ3) is 4.59. The van der Waals surface area contributed by atoms with Gasteiger partial charge in [0.2, 0.25) is 5.91 Å². The van der Waals surface area contributed by atoms with Crippen molar-refractivity contribution < 1.29 is 9.59 Å². The van der Waals surface area contributed by atoms with Gasteiger partial charge in [-0.1, -0.05) is 12.1 Å². The average Bonchev–Trinajstić information content (AvgIpc) is 2.44. The molecule has 0 bridgehead atoms. The van der Waals surface area contributed by atoms with Gasteiger partial charge in [0.1, 0.15) is 6.54 Å². The molecule has 4 N–H and O–H groups in total. The van der Waals surface area contributed by atoms with E-state index in [9.17, 15) is 9.59 Å². The van der Waals surface area contributed by atoms with Gasteiger partial charge in [-0.15, -0.1) is 0 Å². The zero-order valence-electron chi connectivity index (χ0n) is 11.3. The second-order valence-electron chi connectivity index (χ2n) is 4.02. The van der Waals surface area contributed by atoms with Gasteiger partial charge in [0.05, 0.1) is 0 Å². The van der Waals surface area contributed by atoms with E-state index in [-0.39, 0.29) is 18.5 Å². The first-order valence-electron chi connectivity index (χ1n) is 6.16. The number of likely N-dealkylation sites (N-methyl/N-ethyl adjacent to an activating group) is 2. The Morgan fingerprint density at radius 1 is 1.37 bits per heavy atom. The fraction of sp³-hybridized carbons (Fsp3) is 0.385. The summed E-state index contributed by atoms with van der Waals surface area (Å²) < 4.78 is 0. The van der Waals surface area contributed by atoms with Gasteiger partial charge in [-0.05, 0) is 24.6 Å². The molecule has 1 rings (SSSR count). The first-order valence-corrected chi connectivity index (χ1v) is 6.16. The number of nitrogens with zero attached hydrogens (tertiary/aromatic N) is 1. The molecule has 6 nitrogen and oxygen atoms in total. The zero-order chi connectivity index (χ0) is 14.3. The average molecular weight is 264 g/mol. The minimum Gasteiger partial charge on any atom is -0.358 e. The van der Waals surface area contributed by atoms with Crippen LogP contribution >= 0.6 is 0 Å². The maximum atomic E-state index is 12.0. The molecule has 0 aromatic heterocycles. The number of rotatable bonds is 5. The molecule has 0 saturated heterocycles. The van der Waals surface area contributed by atoms with Gasteiger partial charge in [0.15, 0.2) is 0 Å². The van der Waals surface area contributed by atoms with Crippen LogP contribution in [0, 0.1) is 0 Å². The molecular formula is C13H20N4O2. The summed E-state index contributed by atoms with van der Waals surface area (Å²) in [5.41, 5.74) is 7.15. The quantitative estimate of drug-likeness (QED) is 0.733. The molecule has 0 aliphatic rings. The summed E-state index contributed by atoms with van der Waals surface area (Å²) in [6.45, 7) is 2.73. The Bertz CT molecular complexity index is 448. The van der Waals surface area contributed by atoms with Gasteiger partial charge in [0.25, 0.3) is 0 Å². The summed E-state index contributed by atoms with van der Waals surface area (Å²) in [6, 6.07) is 7.00. The Balaban J connectivity index is 2.68. The van der Waals surface area contributed by atoms with Crippen LogP contribution in [0.4, 0.5) is 10.5 Å². The highest BCUT2D eigenvalue weighted by atomic mass is 16.2. The molecule has 0 radical (unpaired) electrons. The second-order valence-corrected chi connectivity index (χ2v) is 4.02. The molecule has 0 fully saturated rings. The summed E-state index contributed by atoms with van der Waals surface area (Å²) in [5.74, 6) is -0.201. The Morgan fingerprint density at radius 3 is 2.68 bits per heavy atom. The van der Waals surface area contributed by atoms with Crippen LogP contribution < -0.4 is 16.4 Å². The van der Waals surface area contributed by atoms with Crippen molar-refractivity contribution in [3.63, 3.8) is 0 Å². The van der Waals surface area contributed by atoms with Crippen molar-refractivity contribution in [1.29, 1.82) is 0 Å². The maximum absolute atomic E-state index is 12.0. The van der Waals surface area contributed by atoms with Gasteiger partial charge < -0.3 is 21.3 Å². The summed E-state index contributed by atoms with van der Waals surface area (Å²) in [7, 11) is 1.54. The number of carbonyl (C=O) groups excluding carboxylic acids is 2. The molecule has 1 aromatic rings. The van der Waals surface area contributed by atoms with E-state index in [0.717, 1.165) is 5.56 Å². The molecular weight excluding hydrogens is 244 g/mol. The molecule has 104 valence electrons. The lowest BCUT2D eigenvalue weighted by molar-refractivity contribution is -0.121. The van der Waals surface area contributed by atoms with Gasteiger partial charge >= 0.3 is 6.03 Å². The molecule has 0 unspecified atom stereocenters. The van der Waals surface area contributed by atoms with Crippen molar-refractivity contribution >= 4 is 17.6 Å². The molecule has 0 spiro atoms. The first kappa shape index (κ1) is 15.0. The highest BCUT2D eigenvalue weighted by Crippen LogP contribution is 2.10. The highest BCUT2D eigenvalue weighted by Gasteiger charge is 2.14. The molecule has 0 atom stereocenters. The molecule has 1 aromatic carbocycles. The summed E-state index contributed by atoms with van der Waals surface area (Å²) in [5, 5.41) is 5.24. The van der Waals surface area contributed by atoms with Crippen LogP contribution in [0.15, 0.2) is 24.3 Å². The van der Waals surface area contributed by atoms with Crippen molar-refractivity contribution in [2.24, 2.45) is 5.73 Å². The van der Waals surface area contributed by atoms with Gasteiger partial charge in [-0.3, -0.25) is 4.79 Å². The lowest BCUT2D eigenvalue weighted by Gasteiger charge is -2.20.